The molecule has 4 rings (SSSR count). The lowest BCUT2D eigenvalue weighted by Crippen LogP contribution is -2.26. The number of benzene rings is 3. The van der Waals surface area contributed by atoms with E-state index in [0.717, 1.165) is 34.4 Å². The predicted octanol–water partition coefficient (Wildman–Crippen LogP) is 5.53. The van der Waals surface area contributed by atoms with Crippen LogP contribution in [0.4, 0.5) is 13.6 Å². The van der Waals surface area contributed by atoms with Crippen molar-refractivity contribution >= 4 is 12.2 Å². The number of halogens is 2. The Labute approximate surface area is 179 Å². The number of hydrogen-bond donors (Lipinski definition) is 1. The molecule has 3 aromatic rings. The van der Waals surface area contributed by atoms with Crippen LogP contribution in [-0.2, 0) is 4.74 Å². The second-order valence-corrected chi connectivity index (χ2v) is 7.12. The van der Waals surface area contributed by atoms with Crippen molar-refractivity contribution in [3.63, 3.8) is 0 Å². The molecule has 0 unspecified atom stereocenters. The molecule has 0 heterocycles. The molecule has 0 spiro atoms. The van der Waals surface area contributed by atoms with E-state index in [4.69, 9.17) is 9.47 Å². The first-order valence-corrected chi connectivity index (χ1v) is 9.87. The maximum Gasteiger partial charge on any atom is 0.407 e. The summed E-state index contributed by atoms with van der Waals surface area (Å²) in [6, 6.07) is 18.2. The molecule has 0 saturated heterocycles. The van der Waals surface area contributed by atoms with Crippen LogP contribution in [0.2, 0.25) is 0 Å². The zero-order valence-corrected chi connectivity index (χ0v) is 16.9. The fraction of sp³-hybridized carbons (Fsp3) is 0.160. The van der Waals surface area contributed by atoms with E-state index in [0.29, 0.717) is 5.56 Å². The molecule has 4 nitrogen and oxygen atoms in total. The van der Waals surface area contributed by atoms with Crippen LogP contribution in [0.25, 0.3) is 17.2 Å². The van der Waals surface area contributed by atoms with E-state index in [1.165, 1.54) is 7.11 Å². The van der Waals surface area contributed by atoms with Crippen molar-refractivity contribution in [1.82, 2.24) is 5.32 Å². The molecule has 0 aromatic heterocycles. The van der Waals surface area contributed by atoms with Crippen molar-refractivity contribution in [3.8, 4) is 16.9 Å². The van der Waals surface area contributed by atoms with Gasteiger partial charge in [0, 0.05) is 24.1 Å². The van der Waals surface area contributed by atoms with Crippen LogP contribution in [0.1, 0.15) is 22.6 Å². The van der Waals surface area contributed by atoms with Crippen molar-refractivity contribution in [1.29, 1.82) is 0 Å². The van der Waals surface area contributed by atoms with E-state index in [-0.39, 0.29) is 24.8 Å². The molecule has 3 aromatic carbocycles. The number of fused-ring (bicyclic) bond motifs is 3. The van der Waals surface area contributed by atoms with E-state index in [1.54, 1.807) is 12.2 Å². The first-order chi connectivity index (χ1) is 15.1. The highest BCUT2D eigenvalue weighted by atomic mass is 19.2. The number of ether oxygens (including phenoxy) is 2. The van der Waals surface area contributed by atoms with E-state index >= 15 is 0 Å². The third-order valence-electron chi connectivity index (χ3n) is 5.28. The average molecular weight is 421 g/mol. The predicted molar refractivity (Wildman–Crippen MR) is 115 cm³/mol. The lowest BCUT2D eigenvalue weighted by atomic mass is 9.98. The second kappa shape index (κ2) is 9.00. The average Bonchev–Trinajstić information content (AvgIpc) is 3.11. The molecule has 158 valence electrons. The van der Waals surface area contributed by atoms with Crippen LogP contribution in [0.3, 0.4) is 0 Å². The topological polar surface area (TPSA) is 47.6 Å². The van der Waals surface area contributed by atoms with E-state index in [1.807, 2.05) is 24.3 Å². The SMILES string of the molecule is COc1cc(F)c(F)cc1C=CCNC(=O)OCC1c2ccccc2-c2ccccc21. The highest BCUT2D eigenvalue weighted by Crippen LogP contribution is 2.44. The van der Waals surface area contributed by atoms with Crippen molar-refractivity contribution in [2.75, 3.05) is 20.3 Å². The standard InChI is InChI=1S/C25H21F2NO3/c1-30-24-14-23(27)22(26)13-16(24)7-6-12-28-25(29)31-15-21-19-10-4-2-8-17(19)18-9-3-5-11-20(18)21/h2-11,13-14,21H,12,15H2,1H3,(H,28,29). The normalized spacial score (nSPS) is 12.5. The maximum atomic E-state index is 13.4. The summed E-state index contributed by atoms with van der Waals surface area (Å²) in [7, 11) is 1.37. The Kier molecular flexibility index (Phi) is 5.98. The molecular weight excluding hydrogens is 400 g/mol. The number of amides is 1. The summed E-state index contributed by atoms with van der Waals surface area (Å²) >= 11 is 0. The van der Waals surface area contributed by atoms with Gasteiger partial charge in [-0.15, -0.1) is 0 Å². The molecule has 0 saturated carbocycles. The summed E-state index contributed by atoms with van der Waals surface area (Å²) in [5.74, 6) is -1.76. The molecule has 1 aliphatic carbocycles. The fourth-order valence-electron chi connectivity index (χ4n) is 3.83. The minimum absolute atomic E-state index is 0.0138. The van der Waals surface area contributed by atoms with Gasteiger partial charge in [0.25, 0.3) is 0 Å². The largest absolute Gasteiger partial charge is 0.496 e. The number of hydrogen-bond acceptors (Lipinski definition) is 3. The minimum Gasteiger partial charge on any atom is -0.496 e. The summed E-state index contributed by atoms with van der Waals surface area (Å²) in [5, 5.41) is 2.63. The summed E-state index contributed by atoms with van der Waals surface area (Å²) in [6.45, 7) is 0.388. The summed E-state index contributed by atoms with van der Waals surface area (Å²) < 4.78 is 37.2. The van der Waals surface area contributed by atoms with E-state index < -0.39 is 17.7 Å². The molecule has 6 heteroatoms. The van der Waals surface area contributed by atoms with Gasteiger partial charge in [-0.1, -0.05) is 60.7 Å². The highest BCUT2D eigenvalue weighted by Gasteiger charge is 2.28. The van der Waals surface area contributed by atoms with Crippen molar-refractivity contribution in [2.45, 2.75) is 5.92 Å². The Morgan fingerprint density at radius 2 is 1.61 bits per heavy atom. The molecule has 0 bridgehead atoms. The lowest BCUT2D eigenvalue weighted by molar-refractivity contribution is 0.144. The van der Waals surface area contributed by atoms with Gasteiger partial charge in [-0.05, 0) is 28.3 Å². The maximum absolute atomic E-state index is 13.4. The van der Waals surface area contributed by atoms with E-state index in [2.05, 4.69) is 29.6 Å². The Morgan fingerprint density at radius 1 is 1.00 bits per heavy atom. The van der Waals surface area contributed by atoms with Gasteiger partial charge in [-0.25, -0.2) is 13.6 Å². The minimum atomic E-state index is -0.981. The monoisotopic (exact) mass is 421 g/mol. The molecule has 1 amide bonds. The number of nitrogens with one attached hydrogen (secondary N) is 1. The molecule has 0 atom stereocenters. The summed E-state index contributed by atoms with van der Waals surface area (Å²) in [4.78, 5) is 12.2. The molecule has 1 N–H and O–H groups in total. The molecule has 0 aliphatic heterocycles. The quantitative estimate of drug-likeness (QED) is 0.570. The first-order valence-electron chi connectivity index (χ1n) is 9.87. The van der Waals surface area contributed by atoms with Crippen LogP contribution in [-0.4, -0.2) is 26.4 Å². The van der Waals surface area contributed by atoms with Crippen molar-refractivity contribution < 1.29 is 23.0 Å². The van der Waals surface area contributed by atoms with Crippen molar-refractivity contribution in [3.05, 3.63) is 95.1 Å². The fourth-order valence-corrected chi connectivity index (χ4v) is 3.83. The number of carbonyl (C=O) groups is 1. The van der Waals surface area contributed by atoms with E-state index in [9.17, 15) is 13.6 Å². The lowest BCUT2D eigenvalue weighted by Gasteiger charge is -2.14. The van der Waals surface area contributed by atoms with Gasteiger partial charge < -0.3 is 14.8 Å². The van der Waals surface area contributed by atoms with Crippen LogP contribution < -0.4 is 10.1 Å². The van der Waals surface area contributed by atoms with Crippen LogP contribution in [0.5, 0.6) is 5.75 Å². The second-order valence-electron chi connectivity index (χ2n) is 7.12. The zero-order valence-electron chi connectivity index (χ0n) is 16.9. The van der Waals surface area contributed by atoms with Crippen LogP contribution in [0.15, 0.2) is 66.7 Å². The number of methoxy groups -OCH3 is 1. The molecule has 31 heavy (non-hydrogen) atoms. The third kappa shape index (κ3) is 4.28. The van der Waals surface area contributed by atoms with Crippen LogP contribution in [0, 0.1) is 11.6 Å². The van der Waals surface area contributed by atoms with Gasteiger partial charge in [0.05, 0.1) is 7.11 Å². The summed E-state index contributed by atoms with van der Waals surface area (Å²) in [6.07, 6.45) is 2.60. The molecule has 0 fully saturated rings. The van der Waals surface area contributed by atoms with Gasteiger partial charge in [-0.2, -0.15) is 0 Å². The Morgan fingerprint density at radius 3 is 2.26 bits per heavy atom. The summed E-state index contributed by atoms with van der Waals surface area (Å²) in [5.41, 5.74) is 4.98. The highest BCUT2D eigenvalue weighted by molar-refractivity contribution is 5.79. The smallest absolute Gasteiger partial charge is 0.407 e. The van der Waals surface area contributed by atoms with Gasteiger partial charge in [0.1, 0.15) is 12.4 Å². The third-order valence-corrected chi connectivity index (χ3v) is 5.28. The molecule has 0 radical (unpaired) electrons. The zero-order chi connectivity index (χ0) is 21.8. The van der Waals surface area contributed by atoms with Crippen molar-refractivity contribution in [2.24, 2.45) is 0 Å². The van der Waals surface area contributed by atoms with Gasteiger partial charge in [-0.3, -0.25) is 0 Å². The molecular formula is C25H21F2NO3. The first kappa shape index (κ1) is 20.6. The number of alkyl carbamates (subject to hydrolysis) is 1. The molecule has 1 aliphatic rings. The van der Waals surface area contributed by atoms with Gasteiger partial charge >= 0.3 is 6.09 Å². The Bertz CT molecular complexity index is 1100. The Hall–Kier alpha value is -3.67. The number of rotatable bonds is 6. The number of carbonyl (C=O) groups excluding carboxylic acids is 1. The van der Waals surface area contributed by atoms with Gasteiger partial charge in [0.15, 0.2) is 11.6 Å². The van der Waals surface area contributed by atoms with Gasteiger partial charge in [0.2, 0.25) is 0 Å². The van der Waals surface area contributed by atoms with Crippen LogP contribution >= 0.6 is 0 Å². The Balaban J connectivity index is 1.35.